The van der Waals surface area contributed by atoms with Gasteiger partial charge >= 0.3 is 0 Å². The van der Waals surface area contributed by atoms with Crippen molar-refractivity contribution in [1.29, 1.82) is 0 Å². The van der Waals surface area contributed by atoms with Crippen molar-refractivity contribution in [2.45, 2.75) is 32.1 Å². The molecule has 6 nitrogen and oxygen atoms in total. The molecular weight excluding hydrogens is 336 g/mol. The van der Waals surface area contributed by atoms with Crippen molar-refractivity contribution in [3.05, 3.63) is 48.2 Å². The predicted molar refractivity (Wildman–Crippen MR) is 110 cm³/mol. The molecule has 0 saturated carbocycles. The fourth-order valence-electron chi connectivity index (χ4n) is 3.80. The Morgan fingerprint density at radius 1 is 0.963 bits per heavy atom. The summed E-state index contributed by atoms with van der Waals surface area (Å²) in [6.45, 7) is 4.67. The van der Waals surface area contributed by atoms with Gasteiger partial charge in [-0.1, -0.05) is 29.8 Å². The summed E-state index contributed by atoms with van der Waals surface area (Å²) in [6.07, 6.45) is 10.4. The first-order chi connectivity index (χ1) is 13.4. The topological polar surface area (TPSA) is 57.2 Å². The molecule has 0 amide bonds. The fraction of sp³-hybridized carbons (Fsp3) is 0.476. The maximum atomic E-state index is 4.68. The summed E-state index contributed by atoms with van der Waals surface area (Å²) in [5.74, 6) is 1.55. The Hall–Kier alpha value is -2.63. The smallest absolute Gasteiger partial charge is 0.247 e. The minimum absolute atomic E-state index is 0.726. The molecule has 0 spiro atoms. The first kappa shape index (κ1) is 17.8. The Labute approximate surface area is 161 Å². The number of anilines is 3. The Bertz CT molecular complexity index is 752. The average Bonchev–Trinajstić information content (AvgIpc) is 2.76. The lowest BCUT2D eigenvalue weighted by atomic mass is 9.97. The second kappa shape index (κ2) is 8.84. The monoisotopic (exact) mass is 364 g/mol. The molecule has 142 valence electrons. The lowest BCUT2D eigenvalue weighted by Crippen LogP contribution is -2.47. The lowest BCUT2D eigenvalue weighted by molar-refractivity contribution is 0.635. The zero-order chi connectivity index (χ0) is 18.3. The summed E-state index contributed by atoms with van der Waals surface area (Å²) in [5.41, 5.74) is 2.86. The molecule has 1 aliphatic heterocycles. The summed E-state index contributed by atoms with van der Waals surface area (Å²) in [5, 5.41) is 11.8. The number of hydrogen-bond acceptors (Lipinski definition) is 6. The molecule has 2 aromatic rings. The summed E-state index contributed by atoms with van der Waals surface area (Å²) in [7, 11) is 0. The molecule has 2 aliphatic rings. The molecule has 0 radical (unpaired) electrons. The van der Waals surface area contributed by atoms with E-state index in [2.05, 4.69) is 66.7 Å². The van der Waals surface area contributed by atoms with Crippen molar-refractivity contribution < 1.29 is 0 Å². The van der Waals surface area contributed by atoms with Crippen LogP contribution in [0.5, 0.6) is 0 Å². The molecule has 6 heteroatoms. The zero-order valence-corrected chi connectivity index (χ0v) is 15.8. The van der Waals surface area contributed by atoms with Crippen LogP contribution in [0.1, 0.15) is 32.1 Å². The molecule has 0 bridgehead atoms. The Morgan fingerprint density at radius 3 is 2.56 bits per heavy atom. The van der Waals surface area contributed by atoms with Gasteiger partial charge in [0.1, 0.15) is 0 Å². The number of piperazine rings is 1. The third-order valence-corrected chi connectivity index (χ3v) is 5.37. The molecule has 1 saturated heterocycles. The lowest BCUT2D eigenvalue weighted by Gasteiger charge is -2.35. The van der Waals surface area contributed by atoms with Crippen LogP contribution in [0.15, 0.2) is 48.2 Å². The van der Waals surface area contributed by atoms with Gasteiger partial charge in [0.25, 0.3) is 0 Å². The quantitative estimate of drug-likeness (QED) is 0.792. The second-order valence-electron chi connectivity index (χ2n) is 7.24. The van der Waals surface area contributed by atoms with Crippen LogP contribution in [0.25, 0.3) is 0 Å². The van der Waals surface area contributed by atoms with Crippen molar-refractivity contribution in [3.8, 4) is 0 Å². The van der Waals surface area contributed by atoms with Crippen molar-refractivity contribution in [1.82, 2.24) is 15.2 Å². The third-order valence-electron chi connectivity index (χ3n) is 5.37. The number of allylic oxidation sites excluding steroid dienone is 1. The zero-order valence-electron chi connectivity index (χ0n) is 15.8. The van der Waals surface area contributed by atoms with Gasteiger partial charge in [0, 0.05) is 38.4 Å². The molecule has 1 aromatic carbocycles. The Balaban J connectivity index is 1.29. The van der Waals surface area contributed by atoms with E-state index in [1.54, 1.807) is 11.8 Å². The van der Waals surface area contributed by atoms with Crippen molar-refractivity contribution in [2.75, 3.05) is 47.8 Å². The highest BCUT2D eigenvalue weighted by Crippen LogP contribution is 2.21. The van der Waals surface area contributed by atoms with E-state index < -0.39 is 0 Å². The molecular formula is C21H28N6. The van der Waals surface area contributed by atoms with E-state index in [0.29, 0.717) is 0 Å². The van der Waals surface area contributed by atoms with Crippen LogP contribution in [0, 0.1) is 0 Å². The van der Waals surface area contributed by atoms with Gasteiger partial charge in [-0.25, -0.2) is 0 Å². The van der Waals surface area contributed by atoms with E-state index in [9.17, 15) is 0 Å². The number of nitrogens with zero attached hydrogens (tertiary/aromatic N) is 5. The average molecular weight is 364 g/mol. The van der Waals surface area contributed by atoms with Gasteiger partial charge in [0.15, 0.2) is 5.82 Å². The summed E-state index contributed by atoms with van der Waals surface area (Å²) in [4.78, 5) is 9.31. The molecule has 1 N–H and O–H groups in total. The van der Waals surface area contributed by atoms with Crippen molar-refractivity contribution in [3.63, 3.8) is 0 Å². The summed E-state index contributed by atoms with van der Waals surface area (Å²) < 4.78 is 0. The van der Waals surface area contributed by atoms with Gasteiger partial charge in [0.2, 0.25) is 5.95 Å². The van der Waals surface area contributed by atoms with Crippen LogP contribution in [0.4, 0.5) is 17.5 Å². The molecule has 0 unspecified atom stereocenters. The van der Waals surface area contributed by atoms with E-state index in [-0.39, 0.29) is 0 Å². The standard InChI is InChI=1S/C21H28N6/c1-3-7-18(8-4-1)11-12-22-20-17-23-25-21(24-20)27-15-13-26(14-16-27)19-9-5-2-6-10-19/h2,5-7,9-10,17H,1,3-4,8,11-16H2,(H,22,24,25). The maximum absolute atomic E-state index is 4.68. The molecule has 27 heavy (non-hydrogen) atoms. The molecule has 0 atom stereocenters. The normalized spacial score (nSPS) is 17.6. The first-order valence-electron chi connectivity index (χ1n) is 10.0. The van der Waals surface area contributed by atoms with Gasteiger partial charge in [-0.3, -0.25) is 0 Å². The van der Waals surface area contributed by atoms with Crippen LogP contribution in [-0.4, -0.2) is 47.9 Å². The highest BCUT2D eigenvalue weighted by atomic mass is 15.4. The van der Waals surface area contributed by atoms with Crippen LogP contribution in [-0.2, 0) is 0 Å². The van der Waals surface area contributed by atoms with E-state index in [0.717, 1.165) is 50.9 Å². The highest BCUT2D eigenvalue weighted by molar-refractivity contribution is 5.48. The third kappa shape index (κ3) is 4.76. The summed E-state index contributed by atoms with van der Waals surface area (Å²) >= 11 is 0. The number of aromatic nitrogens is 3. The minimum Gasteiger partial charge on any atom is -0.368 e. The molecule has 1 aliphatic carbocycles. The van der Waals surface area contributed by atoms with Gasteiger partial charge in [-0.15, -0.1) is 5.10 Å². The van der Waals surface area contributed by atoms with Crippen molar-refractivity contribution >= 4 is 17.5 Å². The highest BCUT2D eigenvalue weighted by Gasteiger charge is 2.19. The molecule has 2 heterocycles. The van der Waals surface area contributed by atoms with Gasteiger partial charge < -0.3 is 15.1 Å². The Kier molecular flexibility index (Phi) is 5.82. The van der Waals surface area contributed by atoms with Crippen molar-refractivity contribution in [2.24, 2.45) is 0 Å². The number of para-hydroxylation sites is 1. The number of nitrogens with one attached hydrogen (secondary N) is 1. The largest absolute Gasteiger partial charge is 0.368 e. The minimum atomic E-state index is 0.726. The van der Waals surface area contributed by atoms with Crippen LogP contribution >= 0.6 is 0 Å². The maximum Gasteiger partial charge on any atom is 0.247 e. The SMILES string of the molecule is C1=C(CCNc2cnnc(N3CCN(c4ccccc4)CC3)n2)CCCC1. The van der Waals surface area contributed by atoms with E-state index in [4.69, 9.17) is 0 Å². The van der Waals surface area contributed by atoms with E-state index >= 15 is 0 Å². The number of hydrogen-bond donors (Lipinski definition) is 1. The van der Waals surface area contributed by atoms with Crippen LogP contribution < -0.4 is 15.1 Å². The molecule has 1 fully saturated rings. The van der Waals surface area contributed by atoms with Crippen LogP contribution in [0.2, 0.25) is 0 Å². The van der Waals surface area contributed by atoms with E-state index in [1.165, 1.54) is 31.4 Å². The summed E-state index contributed by atoms with van der Waals surface area (Å²) in [6, 6.07) is 10.6. The van der Waals surface area contributed by atoms with Gasteiger partial charge in [-0.2, -0.15) is 10.1 Å². The molecule has 4 rings (SSSR count). The van der Waals surface area contributed by atoms with E-state index in [1.807, 2.05) is 0 Å². The van der Waals surface area contributed by atoms with Gasteiger partial charge in [0.05, 0.1) is 6.20 Å². The fourth-order valence-corrected chi connectivity index (χ4v) is 3.80. The van der Waals surface area contributed by atoms with Crippen LogP contribution in [0.3, 0.4) is 0 Å². The van der Waals surface area contributed by atoms with Gasteiger partial charge in [-0.05, 0) is 44.2 Å². The first-order valence-corrected chi connectivity index (χ1v) is 10.0. The number of benzene rings is 1. The Morgan fingerprint density at radius 2 is 1.78 bits per heavy atom. The number of rotatable bonds is 6. The predicted octanol–water partition coefficient (Wildman–Crippen LogP) is 3.50. The molecule has 1 aromatic heterocycles. The second-order valence-corrected chi connectivity index (χ2v) is 7.24.